The number of halogens is 2. The lowest BCUT2D eigenvalue weighted by Crippen LogP contribution is -2.17. The summed E-state index contributed by atoms with van der Waals surface area (Å²) in [4.78, 5) is 12.2. The molecule has 1 heterocycles. The van der Waals surface area contributed by atoms with Crippen molar-refractivity contribution in [2.24, 2.45) is 5.10 Å². The maximum absolute atomic E-state index is 12.2. The fourth-order valence-electron chi connectivity index (χ4n) is 2.94. The van der Waals surface area contributed by atoms with Crippen LogP contribution in [0.4, 0.5) is 0 Å². The highest BCUT2D eigenvalue weighted by Crippen LogP contribution is 2.31. The van der Waals surface area contributed by atoms with Crippen molar-refractivity contribution in [1.82, 2.24) is 9.99 Å². The molecule has 0 saturated carbocycles. The van der Waals surface area contributed by atoms with E-state index in [1.807, 2.05) is 36.6 Å². The first-order valence-electron chi connectivity index (χ1n) is 8.53. The summed E-state index contributed by atoms with van der Waals surface area (Å²) in [6.07, 6.45) is 1.61. The molecule has 7 heteroatoms. The summed E-state index contributed by atoms with van der Waals surface area (Å²) in [5.41, 5.74) is 6.56. The van der Waals surface area contributed by atoms with E-state index >= 15 is 0 Å². The Labute approximate surface area is 173 Å². The van der Waals surface area contributed by atoms with E-state index in [1.54, 1.807) is 43.7 Å². The highest BCUT2D eigenvalue weighted by Gasteiger charge is 2.13. The second-order valence-corrected chi connectivity index (χ2v) is 6.95. The van der Waals surface area contributed by atoms with Crippen molar-refractivity contribution in [3.63, 3.8) is 0 Å². The van der Waals surface area contributed by atoms with E-state index in [0.717, 1.165) is 22.6 Å². The first-order chi connectivity index (χ1) is 13.4. The van der Waals surface area contributed by atoms with Crippen molar-refractivity contribution < 1.29 is 9.53 Å². The van der Waals surface area contributed by atoms with E-state index in [1.165, 1.54) is 0 Å². The van der Waals surface area contributed by atoms with E-state index in [4.69, 9.17) is 27.9 Å². The number of ether oxygens (including phenoxy) is 1. The first-order valence-corrected chi connectivity index (χ1v) is 9.28. The zero-order chi connectivity index (χ0) is 20.3. The minimum atomic E-state index is -0.318. The Morgan fingerprint density at radius 1 is 1.14 bits per heavy atom. The number of methoxy groups -OCH3 is 1. The van der Waals surface area contributed by atoms with Gasteiger partial charge in [-0.1, -0.05) is 35.3 Å². The number of hydrazone groups is 1. The van der Waals surface area contributed by atoms with Crippen molar-refractivity contribution in [2.45, 2.75) is 13.8 Å². The minimum Gasteiger partial charge on any atom is -0.497 e. The van der Waals surface area contributed by atoms with Crippen LogP contribution in [0.5, 0.6) is 5.75 Å². The van der Waals surface area contributed by atoms with Gasteiger partial charge in [0.2, 0.25) is 0 Å². The number of hydrogen-bond acceptors (Lipinski definition) is 3. The van der Waals surface area contributed by atoms with Crippen LogP contribution in [0, 0.1) is 13.8 Å². The Kier molecular flexibility index (Phi) is 6.07. The average Bonchev–Trinajstić information content (AvgIpc) is 2.97. The maximum Gasteiger partial charge on any atom is 0.271 e. The molecule has 0 aliphatic carbocycles. The molecule has 0 radical (unpaired) electrons. The van der Waals surface area contributed by atoms with Crippen LogP contribution in [-0.2, 0) is 0 Å². The molecule has 0 saturated heterocycles. The summed E-state index contributed by atoms with van der Waals surface area (Å²) >= 11 is 12.5. The summed E-state index contributed by atoms with van der Waals surface area (Å²) in [5, 5.41) is 5.06. The van der Waals surface area contributed by atoms with Gasteiger partial charge in [0.25, 0.3) is 5.91 Å². The molecule has 1 aromatic heterocycles. The number of aromatic nitrogens is 1. The molecule has 0 fully saturated rings. The van der Waals surface area contributed by atoms with Crippen molar-refractivity contribution in [3.05, 3.63) is 81.1 Å². The van der Waals surface area contributed by atoms with E-state index in [0.29, 0.717) is 21.4 Å². The summed E-state index contributed by atoms with van der Waals surface area (Å²) in [6.45, 7) is 3.92. The largest absolute Gasteiger partial charge is 0.497 e. The van der Waals surface area contributed by atoms with Crippen LogP contribution in [-0.4, -0.2) is 23.8 Å². The van der Waals surface area contributed by atoms with Crippen LogP contribution < -0.4 is 10.2 Å². The van der Waals surface area contributed by atoms with Gasteiger partial charge in [0, 0.05) is 22.5 Å². The van der Waals surface area contributed by atoms with E-state index < -0.39 is 0 Å². The lowest BCUT2D eigenvalue weighted by molar-refractivity contribution is 0.0955. The highest BCUT2D eigenvalue weighted by molar-refractivity contribution is 6.43. The predicted octanol–water partition coefficient (Wildman–Crippen LogP) is 5.17. The lowest BCUT2D eigenvalue weighted by Gasteiger charge is -2.12. The van der Waals surface area contributed by atoms with Crippen LogP contribution in [0.2, 0.25) is 10.0 Å². The highest BCUT2D eigenvalue weighted by atomic mass is 35.5. The van der Waals surface area contributed by atoms with Gasteiger partial charge in [0.15, 0.2) is 0 Å². The predicted molar refractivity (Wildman–Crippen MR) is 113 cm³/mol. The molecule has 0 spiro atoms. The van der Waals surface area contributed by atoms with Crippen LogP contribution in [0.25, 0.3) is 5.69 Å². The van der Waals surface area contributed by atoms with Crippen molar-refractivity contribution in [2.75, 3.05) is 7.11 Å². The van der Waals surface area contributed by atoms with Crippen LogP contribution in [0.15, 0.2) is 53.6 Å². The first kappa shape index (κ1) is 20.0. The van der Waals surface area contributed by atoms with Crippen LogP contribution in [0.3, 0.4) is 0 Å². The second-order valence-electron chi connectivity index (χ2n) is 6.17. The van der Waals surface area contributed by atoms with Gasteiger partial charge >= 0.3 is 0 Å². The maximum atomic E-state index is 12.2. The molecule has 3 aromatic rings. The molecule has 3 rings (SSSR count). The number of nitrogens with one attached hydrogen (secondary N) is 1. The summed E-state index contributed by atoms with van der Waals surface area (Å²) in [6, 6.07) is 14.3. The topological polar surface area (TPSA) is 55.6 Å². The fraction of sp³-hybridized carbons (Fsp3) is 0.143. The number of hydrogen-bond donors (Lipinski definition) is 1. The standard InChI is InChI=1S/C21H19Cl2N3O2/c1-13-10-16(14(2)26(13)19-9-5-8-18(22)20(19)23)12-24-25-21(27)15-6-4-7-17(11-15)28-3/h4-12H,1-3H3,(H,25,27)/b24-12-. The summed E-state index contributed by atoms with van der Waals surface area (Å²) in [5.74, 6) is 0.292. The zero-order valence-electron chi connectivity index (χ0n) is 15.7. The number of aryl methyl sites for hydroxylation is 1. The number of nitrogens with zero attached hydrogens (tertiary/aromatic N) is 2. The number of rotatable bonds is 5. The molecular weight excluding hydrogens is 397 g/mol. The summed E-state index contributed by atoms with van der Waals surface area (Å²) < 4.78 is 7.13. The summed E-state index contributed by atoms with van der Waals surface area (Å²) in [7, 11) is 1.55. The third-order valence-electron chi connectivity index (χ3n) is 4.34. The molecule has 1 amide bonds. The molecule has 28 heavy (non-hydrogen) atoms. The monoisotopic (exact) mass is 415 g/mol. The Balaban J connectivity index is 1.82. The minimum absolute atomic E-state index is 0.318. The molecule has 0 atom stereocenters. The van der Waals surface area contributed by atoms with Crippen molar-refractivity contribution in [3.8, 4) is 11.4 Å². The van der Waals surface area contributed by atoms with Crippen LogP contribution in [0.1, 0.15) is 27.3 Å². The van der Waals surface area contributed by atoms with E-state index in [2.05, 4.69) is 10.5 Å². The third-order valence-corrected chi connectivity index (χ3v) is 5.15. The smallest absolute Gasteiger partial charge is 0.271 e. The quantitative estimate of drug-likeness (QED) is 0.461. The number of benzene rings is 2. The van der Waals surface area contributed by atoms with Crippen molar-refractivity contribution >= 4 is 35.3 Å². The Bertz CT molecular complexity index is 1060. The molecule has 0 unspecified atom stereocenters. The van der Waals surface area contributed by atoms with E-state index in [-0.39, 0.29) is 5.91 Å². The molecule has 144 valence electrons. The van der Waals surface area contributed by atoms with Crippen molar-refractivity contribution in [1.29, 1.82) is 0 Å². The van der Waals surface area contributed by atoms with Crippen LogP contribution >= 0.6 is 23.2 Å². The Morgan fingerprint density at radius 2 is 1.89 bits per heavy atom. The normalized spacial score (nSPS) is 11.0. The van der Waals surface area contributed by atoms with Gasteiger partial charge < -0.3 is 9.30 Å². The molecule has 2 aromatic carbocycles. The molecule has 0 aliphatic rings. The SMILES string of the molecule is COc1cccc(C(=O)N/N=C\c2cc(C)n(-c3cccc(Cl)c3Cl)c2C)c1. The number of amides is 1. The third kappa shape index (κ3) is 4.06. The van der Waals surface area contributed by atoms with Gasteiger partial charge in [-0.2, -0.15) is 5.10 Å². The van der Waals surface area contributed by atoms with Gasteiger partial charge in [0.1, 0.15) is 5.75 Å². The average molecular weight is 416 g/mol. The Hall–Kier alpha value is -2.76. The number of carbonyl (C=O) groups is 1. The van der Waals surface area contributed by atoms with Gasteiger partial charge in [-0.3, -0.25) is 4.79 Å². The van der Waals surface area contributed by atoms with Gasteiger partial charge in [-0.15, -0.1) is 0 Å². The van der Waals surface area contributed by atoms with Gasteiger partial charge in [-0.05, 0) is 50.2 Å². The molecule has 0 aliphatic heterocycles. The lowest BCUT2D eigenvalue weighted by atomic mass is 10.2. The number of carbonyl (C=O) groups excluding carboxylic acids is 1. The van der Waals surface area contributed by atoms with Gasteiger partial charge in [0.05, 0.1) is 29.1 Å². The zero-order valence-corrected chi connectivity index (χ0v) is 17.2. The molecular formula is C21H19Cl2N3O2. The Morgan fingerprint density at radius 3 is 2.64 bits per heavy atom. The molecule has 5 nitrogen and oxygen atoms in total. The van der Waals surface area contributed by atoms with Gasteiger partial charge in [-0.25, -0.2) is 5.43 Å². The van der Waals surface area contributed by atoms with E-state index in [9.17, 15) is 4.79 Å². The molecule has 1 N–H and O–H groups in total. The molecule has 0 bridgehead atoms. The second kappa shape index (κ2) is 8.50. The fourth-order valence-corrected chi connectivity index (χ4v) is 3.32.